The summed E-state index contributed by atoms with van der Waals surface area (Å²) in [5, 5.41) is 3.66. The Kier molecular flexibility index (Phi) is 5.81. The second-order valence-electron chi connectivity index (χ2n) is 4.14. The van der Waals surface area contributed by atoms with Crippen molar-refractivity contribution in [1.82, 2.24) is 5.32 Å². The highest BCUT2D eigenvalue weighted by atomic mass is 35.5. The minimum Gasteiger partial charge on any atom is -0.314 e. The van der Waals surface area contributed by atoms with Crippen LogP contribution in [0.3, 0.4) is 0 Å². The van der Waals surface area contributed by atoms with E-state index in [1.807, 2.05) is 0 Å². The van der Waals surface area contributed by atoms with Gasteiger partial charge < -0.3 is 5.32 Å². The quantitative estimate of drug-likeness (QED) is 0.654. The molecule has 0 aromatic heterocycles. The van der Waals surface area contributed by atoms with E-state index in [1.165, 1.54) is 38.6 Å². The van der Waals surface area contributed by atoms with Crippen molar-refractivity contribution in [3.8, 4) is 0 Å². The van der Waals surface area contributed by atoms with Crippen LogP contribution in [-0.4, -0.2) is 18.5 Å². The summed E-state index contributed by atoms with van der Waals surface area (Å²) in [4.78, 5) is 0. The molecule has 1 saturated carbocycles. The van der Waals surface area contributed by atoms with Gasteiger partial charge in [-0.05, 0) is 31.7 Å². The predicted octanol–water partition coefficient (Wildman–Crippen LogP) is 3.17. The molecule has 0 amide bonds. The Bertz CT molecular complexity index is 121. The van der Waals surface area contributed by atoms with E-state index >= 15 is 0 Å². The van der Waals surface area contributed by atoms with Gasteiger partial charge in [0.05, 0.1) is 0 Å². The molecule has 0 spiro atoms. The Hall–Kier alpha value is 0.250. The molecule has 0 heterocycles. The lowest BCUT2D eigenvalue weighted by Crippen LogP contribution is -2.31. The van der Waals surface area contributed by atoms with Crippen LogP contribution in [0.1, 0.15) is 45.4 Å². The maximum Gasteiger partial charge on any atom is 0.0226 e. The molecule has 0 bridgehead atoms. The Morgan fingerprint density at radius 3 is 2.62 bits per heavy atom. The third-order valence-electron chi connectivity index (χ3n) is 3.15. The first kappa shape index (κ1) is 11.3. The molecule has 0 radical (unpaired) electrons. The summed E-state index contributed by atoms with van der Waals surface area (Å²) < 4.78 is 0. The van der Waals surface area contributed by atoms with Crippen molar-refractivity contribution in [2.24, 2.45) is 5.92 Å². The van der Waals surface area contributed by atoms with Crippen molar-refractivity contribution >= 4 is 11.6 Å². The minimum absolute atomic E-state index is 0.790. The van der Waals surface area contributed by atoms with Gasteiger partial charge in [-0.25, -0.2) is 0 Å². The van der Waals surface area contributed by atoms with E-state index in [0.29, 0.717) is 0 Å². The highest BCUT2D eigenvalue weighted by molar-refractivity contribution is 6.17. The lowest BCUT2D eigenvalue weighted by atomic mass is 10.0. The molecule has 0 saturated heterocycles. The molecule has 1 nitrogen and oxygen atoms in total. The maximum atomic E-state index is 5.74. The van der Waals surface area contributed by atoms with Gasteiger partial charge in [0.1, 0.15) is 0 Å². The van der Waals surface area contributed by atoms with E-state index in [4.69, 9.17) is 11.6 Å². The first-order valence-electron chi connectivity index (χ1n) is 5.66. The molecule has 13 heavy (non-hydrogen) atoms. The van der Waals surface area contributed by atoms with Crippen molar-refractivity contribution in [1.29, 1.82) is 0 Å². The molecule has 0 aliphatic heterocycles. The SMILES string of the molecule is CCC(CCCl)CNC1CCCC1. The van der Waals surface area contributed by atoms with Gasteiger partial charge in [-0.15, -0.1) is 11.6 Å². The lowest BCUT2D eigenvalue weighted by Gasteiger charge is -2.18. The van der Waals surface area contributed by atoms with Crippen LogP contribution in [0.5, 0.6) is 0 Å². The van der Waals surface area contributed by atoms with Crippen molar-refractivity contribution in [2.45, 2.75) is 51.5 Å². The van der Waals surface area contributed by atoms with Crippen LogP contribution < -0.4 is 5.32 Å². The zero-order chi connectivity index (χ0) is 9.52. The molecule has 1 rings (SSSR count). The molecule has 1 unspecified atom stereocenters. The highest BCUT2D eigenvalue weighted by Gasteiger charge is 2.15. The van der Waals surface area contributed by atoms with Crippen LogP contribution in [0.4, 0.5) is 0 Å². The van der Waals surface area contributed by atoms with Gasteiger partial charge in [-0.1, -0.05) is 26.2 Å². The number of hydrogen-bond acceptors (Lipinski definition) is 1. The second-order valence-corrected chi connectivity index (χ2v) is 4.52. The van der Waals surface area contributed by atoms with Crippen LogP contribution in [0.25, 0.3) is 0 Å². The topological polar surface area (TPSA) is 12.0 Å². The average molecular weight is 204 g/mol. The van der Waals surface area contributed by atoms with Crippen LogP contribution in [-0.2, 0) is 0 Å². The van der Waals surface area contributed by atoms with Gasteiger partial charge in [-0.2, -0.15) is 0 Å². The highest BCUT2D eigenvalue weighted by Crippen LogP contribution is 2.18. The van der Waals surface area contributed by atoms with Gasteiger partial charge in [0.2, 0.25) is 0 Å². The van der Waals surface area contributed by atoms with E-state index in [9.17, 15) is 0 Å². The number of hydrogen-bond donors (Lipinski definition) is 1. The fourth-order valence-electron chi connectivity index (χ4n) is 2.07. The predicted molar refractivity (Wildman–Crippen MR) is 59.4 cm³/mol. The van der Waals surface area contributed by atoms with Crippen LogP contribution in [0.15, 0.2) is 0 Å². The van der Waals surface area contributed by atoms with Crippen molar-refractivity contribution in [3.63, 3.8) is 0 Å². The Labute approximate surface area is 87.2 Å². The molecular formula is C11H22ClN. The molecule has 1 aliphatic carbocycles. The minimum atomic E-state index is 0.790. The van der Waals surface area contributed by atoms with Crippen LogP contribution in [0, 0.1) is 5.92 Å². The van der Waals surface area contributed by atoms with E-state index < -0.39 is 0 Å². The fraction of sp³-hybridized carbons (Fsp3) is 1.00. The Morgan fingerprint density at radius 2 is 2.08 bits per heavy atom. The normalized spacial score (nSPS) is 20.8. The van der Waals surface area contributed by atoms with E-state index in [0.717, 1.165) is 24.3 Å². The van der Waals surface area contributed by atoms with E-state index in [1.54, 1.807) is 0 Å². The molecule has 78 valence electrons. The lowest BCUT2D eigenvalue weighted by molar-refractivity contribution is 0.410. The summed E-state index contributed by atoms with van der Waals surface area (Å²) in [6.45, 7) is 3.43. The smallest absolute Gasteiger partial charge is 0.0226 e. The standard InChI is InChI=1S/C11H22ClN/c1-2-10(7-8-12)9-13-11-5-3-4-6-11/h10-11,13H,2-9H2,1H3. The zero-order valence-electron chi connectivity index (χ0n) is 8.69. The number of nitrogens with one attached hydrogen (secondary N) is 1. The number of rotatable bonds is 6. The Morgan fingerprint density at radius 1 is 1.38 bits per heavy atom. The molecular weight excluding hydrogens is 182 g/mol. The first-order valence-corrected chi connectivity index (χ1v) is 6.19. The van der Waals surface area contributed by atoms with Crippen molar-refractivity contribution < 1.29 is 0 Å². The summed E-state index contributed by atoms with van der Waals surface area (Å²) in [7, 11) is 0. The third kappa shape index (κ3) is 4.33. The molecule has 0 aromatic rings. The molecule has 2 heteroatoms. The summed E-state index contributed by atoms with van der Waals surface area (Å²) >= 11 is 5.74. The van der Waals surface area contributed by atoms with E-state index in [2.05, 4.69) is 12.2 Å². The van der Waals surface area contributed by atoms with Gasteiger partial charge >= 0.3 is 0 Å². The fourth-order valence-corrected chi connectivity index (χ4v) is 2.38. The average Bonchev–Trinajstić information content (AvgIpc) is 2.64. The van der Waals surface area contributed by atoms with Gasteiger partial charge in [0, 0.05) is 11.9 Å². The van der Waals surface area contributed by atoms with Crippen LogP contribution in [0.2, 0.25) is 0 Å². The largest absolute Gasteiger partial charge is 0.314 e. The van der Waals surface area contributed by atoms with Gasteiger partial charge in [0.15, 0.2) is 0 Å². The molecule has 0 aromatic carbocycles. The summed E-state index contributed by atoms with van der Waals surface area (Å²) in [6.07, 6.45) is 8.03. The summed E-state index contributed by atoms with van der Waals surface area (Å²) in [6, 6.07) is 0.810. The number of halogens is 1. The van der Waals surface area contributed by atoms with Gasteiger partial charge in [-0.3, -0.25) is 0 Å². The summed E-state index contributed by atoms with van der Waals surface area (Å²) in [5.74, 6) is 1.60. The summed E-state index contributed by atoms with van der Waals surface area (Å²) in [5.41, 5.74) is 0. The maximum absolute atomic E-state index is 5.74. The van der Waals surface area contributed by atoms with Crippen molar-refractivity contribution in [3.05, 3.63) is 0 Å². The second kappa shape index (κ2) is 6.67. The zero-order valence-corrected chi connectivity index (χ0v) is 9.45. The Balaban J connectivity index is 2.07. The van der Waals surface area contributed by atoms with Gasteiger partial charge in [0.25, 0.3) is 0 Å². The van der Waals surface area contributed by atoms with Crippen molar-refractivity contribution in [2.75, 3.05) is 12.4 Å². The molecule has 1 N–H and O–H groups in total. The molecule has 1 fully saturated rings. The first-order chi connectivity index (χ1) is 6.36. The van der Waals surface area contributed by atoms with E-state index in [-0.39, 0.29) is 0 Å². The third-order valence-corrected chi connectivity index (χ3v) is 3.36. The van der Waals surface area contributed by atoms with Crippen LogP contribution >= 0.6 is 11.6 Å². The number of alkyl halides is 1. The molecule has 1 atom stereocenters. The molecule has 1 aliphatic rings. The monoisotopic (exact) mass is 203 g/mol.